The molecule has 0 heterocycles. The van der Waals surface area contributed by atoms with E-state index in [-0.39, 0.29) is 41.1 Å². The van der Waals surface area contributed by atoms with Gasteiger partial charge >= 0.3 is 11.9 Å². The second-order valence-electron chi connectivity index (χ2n) is 12.5. The standard InChI is InChI=1S/C30H46O5/c1-18(2)13-15-33-19(3)25-10-11-26-24-9-8-22-16-23(34-20(4)31)17-28(35-21(5)32)30(22,7)27(24)12-14-29(25,26)6/h8-9,18-19,23,25-28H,10-17H2,1-7H3/t19?,23?,25-,26+,27+,28?,29-,30+/m1/s1. The lowest BCUT2D eigenvalue weighted by Crippen LogP contribution is -2.54. The molecule has 4 aliphatic carbocycles. The lowest BCUT2D eigenvalue weighted by atomic mass is 9.49. The Kier molecular flexibility index (Phi) is 7.58. The third-order valence-electron chi connectivity index (χ3n) is 9.96. The van der Waals surface area contributed by atoms with Crippen molar-refractivity contribution in [2.75, 3.05) is 6.61 Å². The quantitative estimate of drug-likeness (QED) is 0.389. The molecule has 5 heteroatoms. The predicted octanol–water partition coefficient (Wildman–Crippen LogP) is 6.41. The second-order valence-corrected chi connectivity index (χ2v) is 12.5. The highest BCUT2D eigenvalue weighted by Crippen LogP contribution is 2.65. The van der Waals surface area contributed by atoms with Crippen LogP contribution in [0.2, 0.25) is 0 Å². The molecule has 35 heavy (non-hydrogen) atoms. The first kappa shape index (κ1) is 26.4. The normalized spacial score (nSPS) is 39.0. The van der Waals surface area contributed by atoms with E-state index < -0.39 is 0 Å². The topological polar surface area (TPSA) is 61.8 Å². The molecule has 0 spiro atoms. The summed E-state index contributed by atoms with van der Waals surface area (Å²) in [6.07, 6.45) is 11.5. The van der Waals surface area contributed by atoms with Crippen LogP contribution in [0.3, 0.4) is 0 Å². The molecule has 0 aliphatic heterocycles. The van der Waals surface area contributed by atoms with Gasteiger partial charge in [-0.15, -0.1) is 0 Å². The molecule has 3 unspecified atom stereocenters. The van der Waals surface area contributed by atoms with E-state index in [9.17, 15) is 9.59 Å². The van der Waals surface area contributed by atoms with Crippen LogP contribution in [0.25, 0.3) is 0 Å². The van der Waals surface area contributed by atoms with Crippen LogP contribution in [-0.4, -0.2) is 36.9 Å². The Bertz CT molecular complexity index is 887. The van der Waals surface area contributed by atoms with Crippen LogP contribution in [0.5, 0.6) is 0 Å². The number of esters is 2. The summed E-state index contributed by atoms with van der Waals surface area (Å²) >= 11 is 0. The van der Waals surface area contributed by atoms with Crippen molar-refractivity contribution in [3.8, 4) is 0 Å². The first-order valence-electron chi connectivity index (χ1n) is 13.8. The van der Waals surface area contributed by atoms with Gasteiger partial charge in [0, 0.05) is 38.7 Å². The number of fused-ring (bicyclic) bond motifs is 5. The highest BCUT2D eigenvalue weighted by Gasteiger charge is 2.60. The minimum absolute atomic E-state index is 0.236. The van der Waals surface area contributed by atoms with Gasteiger partial charge in [0.05, 0.1) is 6.10 Å². The maximum absolute atomic E-state index is 12.1. The molecule has 0 aromatic carbocycles. The molecule has 0 N–H and O–H groups in total. The van der Waals surface area contributed by atoms with Crippen LogP contribution in [-0.2, 0) is 23.8 Å². The Morgan fingerprint density at radius 1 is 1.00 bits per heavy atom. The third-order valence-corrected chi connectivity index (χ3v) is 9.96. The summed E-state index contributed by atoms with van der Waals surface area (Å²) in [5.74, 6) is 1.61. The molecule has 4 rings (SSSR count). The molecular formula is C30H46O5. The van der Waals surface area contributed by atoms with Gasteiger partial charge in [0.2, 0.25) is 0 Å². The molecule has 5 nitrogen and oxygen atoms in total. The highest BCUT2D eigenvalue weighted by atomic mass is 16.6. The van der Waals surface area contributed by atoms with Crippen molar-refractivity contribution < 1.29 is 23.8 Å². The van der Waals surface area contributed by atoms with E-state index >= 15 is 0 Å². The summed E-state index contributed by atoms with van der Waals surface area (Å²) < 4.78 is 17.9. The third kappa shape index (κ3) is 4.86. The highest BCUT2D eigenvalue weighted by molar-refractivity contribution is 5.67. The van der Waals surface area contributed by atoms with Crippen molar-refractivity contribution in [1.29, 1.82) is 0 Å². The predicted molar refractivity (Wildman–Crippen MR) is 137 cm³/mol. The minimum Gasteiger partial charge on any atom is -0.462 e. The maximum Gasteiger partial charge on any atom is 0.302 e. The van der Waals surface area contributed by atoms with Gasteiger partial charge < -0.3 is 14.2 Å². The molecule has 3 saturated carbocycles. The average Bonchev–Trinajstić information content (AvgIpc) is 3.11. The van der Waals surface area contributed by atoms with Crippen LogP contribution >= 0.6 is 0 Å². The molecule has 4 aliphatic rings. The minimum atomic E-state index is -0.280. The van der Waals surface area contributed by atoms with E-state index in [2.05, 4.69) is 46.8 Å². The van der Waals surface area contributed by atoms with E-state index in [1.165, 1.54) is 38.7 Å². The van der Waals surface area contributed by atoms with Gasteiger partial charge in [0.25, 0.3) is 0 Å². The van der Waals surface area contributed by atoms with Gasteiger partial charge in [-0.05, 0) is 68.1 Å². The number of allylic oxidation sites excluding steroid dienone is 3. The fourth-order valence-corrected chi connectivity index (χ4v) is 8.12. The monoisotopic (exact) mass is 486 g/mol. The first-order chi connectivity index (χ1) is 16.5. The fraction of sp³-hybridized carbons (Fsp3) is 0.800. The van der Waals surface area contributed by atoms with Crippen molar-refractivity contribution in [3.63, 3.8) is 0 Å². The molecule has 0 aromatic rings. The van der Waals surface area contributed by atoms with Gasteiger partial charge in [0.15, 0.2) is 0 Å². The number of carbonyl (C=O) groups excluding carboxylic acids is 2. The summed E-state index contributed by atoms with van der Waals surface area (Å²) in [6.45, 7) is 15.4. The molecule has 0 radical (unpaired) electrons. The van der Waals surface area contributed by atoms with Crippen LogP contribution < -0.4 is 0 Å². The average molecular weight is 487 g/mol. The number of hydrogen-bond acceptors (Lipinski definition) is 5. The van der Waals surface area contributed by atoms with Crippen molar-refractivity contribution in [2.24, 2.45) is 34.5 Å². The van der Waals surface area contributed by atoms with Gasteiger partial charge in [-0.25, -0.2) is 0 Å². The largest absolute Gasteiger partial charge is 0.462 e. The van der Waals surface area contributed by atoms with Crippen molar-refractivity contribution in [2.45, 2.75) is 112 Å². The Morgan fingerprint density at radius 2 is 1.71 bits per heavy atom. The van der Waals surface area contributed by atoms with E-state index in [0.29, 0.717) is 30.1 Å². The SMILES string of the molecule is CC(=O)OC1CC2=CC=C3[C@@H]4CC[C@H](C(C)OCCC(C)C)[C@@]4(C)CC[C@@H]3[C@@]2(C)C(OC(C)=O)C1. The Balaban J connectivity index is 1.59. The van der Waals surface area contributed by atoms with E-state index in [1.807, 2.05) is 0 Å². The molecule has 3 fully saturated rings. The fourth-order valence-electron chi connectivity index (χ4n) is 8.12. The molecule has 0 amide bonds. The number of hydrogen-bond donors (Lipinski definition) is 0. The van der Waals surface area contributed by atoms with Crippen molar-refractivity contribution in [1.82, 2.24) is 0 Å². The zero-order valence-electron chi connectivity index (χ0n) is 22.9. The van der Waals surface area contributed by atoms with Gasteiger partial charge in [-0.3, -0.25) is 9.59 Å². The summed E-state index contributed by atoms with van der Waals surface area (Å²) in [7, 11) is 0. The number of rotatable bonds is 7. The Labute approximate surface area is 212 Å². The van der Waals surface area contributed by atoms with Crippen molar-refractivity contribution >= 4 is 11.9 Å². The maximum atomic E-state index is 12.1. The summed E-state index contributed by atoms with van der Waals surface area (Å²) in [4.78, 5) is 23.8. The lowest BCUT2D eigenvalue weighted by Gasteiger charge is -2.57. The van der Waals surface area contributed by atoms with Crippen LogP contribution in [0.4, 0.5) is 0 Å². The number of carbonyl (C=O) groups is 2. The van der Waals surface area contributed by atoms with Crippen molar-refractivity contribution in [3.05, 3.63) is 23.3 Å². The summed E-state index contributed by atoms with van der Waals surface area (Å²) in [5.41, 5.74) is 2.81. The Morgan fingerprint density at radius 3 is 2.37 bits per heavy atom. The van der Waals surface area contributed by atoms with E-state index in [1.54, 1.807) is 5.57 Å². The Hall–Kier alpha value is -1.62. The van der Waals surface area contributed by atoms with Gasteiger partial charge in [0.1, 0.15) is 12.2 Å². The summed E-state index contributed by atoms with van der Waals surface area (Å²) in [5, 5.41) is 0. The van der Waals surface area contributed by atoms with E-state index in [0.717, 1.165) is 25.9 Å². The zero-order valence-corrected chi connectivity index (χ0v) is 22.9. The van der Waals surface area contributed by atoms with Crippen LogP contribution in [0.1, 0.15) is 93.4 Å². The van der Waals surface area contributed by atoms with Crippen LogP contribution in [0.15, 0.2) is 23.3 Å². The van der Waals surface area contributed by atoms with Gasteiger partial charge in [-0.1, -0.05) is 51.0 Å². The molecule has 8 atom stereocenters. The molecule has 0 bridgehead atoms. The first-order valence-corrected chi connectivity index (χ1v) is 13.8. The van der Waals surface area contributed by atoms with E-state index in [4.69, 9.17) is 14.2 Å². The number of ether oxygens (including phenoxy) is 3. The van der Waals surface area contributed by atoms with Crippen LogP contribution in [0, 0.1) is 34.5 Å². The summed E-state index contributed by atoms with van der Waals surface area (Å²) in [6, 6.07) is 0. The molecule has 196 valence electrons. The molecular weight excluding hydrogens is 440 g/mol. The lowest BCUT2D eigenvalue weighted by molar-refractivity contribution is -0.165. The smallest absolute Gasteiger partial charge is 0.302 e. The van der Waals surface area contributed by atoms with Gasteiger partial charge in [-0.2, -0.15) is 0 Å². The molecule has 0 aromatic heterocycles. The zero-order chi connectivity index (χ0) is 25.5. The second kappa shape index (κ2) is 10.0. The molecule has 0 saturated heterocycles.